The van der Waals surface area contributed by atoms with Crippen LogP contribution in [0.15, 0.2) is 54.9 Å². The van der Waals surface area contributed by atoms with E-state index < -0.39 is 0 Å². The van der Waals surface area contributed by atoms with E-state index in [9.17, 15) is 4.79 Å². The zero-order valence-corrected chi connectivity index (χ0v) is 15.1. The standard InChI is InChI=1S/C20H19N5O2/c1-13-3-8-19-21-16(11-25(19)10-13)12-27-17-6-4-15(5-7-17)20(26)22-18-9-14(2)23-24-18/h3-11H,12H2,1-2H3,(H2,22,23,24,26). The number of aromatic nitrogens is 4. The van der Waals surface area contributed by atoms with Crippen molar-refractivity contribution in [1.82, 2.24) is 19.6 Å². The maximum atomic E-state index is 12.2. The largest absolute Gasteiger partial charge is 0.487 e. The fraction of sp³-hybridized carbons (Fsp3) is 0.150. The van der Waals surface area contributed by atoms with Crippen LogP contribution in [0.25, 0.3) is 5.65 Å². The summed E-state index contributed by atoms with van der Waals surface area (Å²) in [5.74, 6) is 0.957. The number of anilines is 1. The van der Waals surface area contributed by atoms with E-state index in [0.717, 1.165) is 17.0 Å². The molecule has 0 spiro atoms. The molecule has 0 radical (unpaired) electrons. The van der Waals surface area contributed by atoms with Gasteiger partial charge in [-0.2, -0.15) is 5.10 Å². The zero-order chi connectivity index (χ0) is 18.8. The number of nitrogens with one attached hydrogen (secondary N) is 2. The Labute approximate surface area is 156 Å². The molecule has 0 aliphatic rings. The van der Waals surface area contributed by atoms with Crippen LogP contribution >= 0.6 is 0 Å². The lowest BCUT2D eigenvalue weighted by atomic mass is 10.2. The van der Waals surface area contributed by atoms with Gasteiger partial charge in [-0.15, -0.1) is 0 Å². The minimum atomic E-state index is -0.219. The van der Waals surface area contributed by atoms with Crippen LogP contribution in [-0.4, -0.2) is 25.5 Å². The van der Waals surface area contributed by atoms with E-state index in [0.29, 0.717) is 23.7 Å². The number of aromatic amines is 1. The first kappa shape index (κ1) is 16.8. The molecule has 136 valence electrons. The average Bonchev–Trinajstić information content (AvgIpc) is 3.25. The lowest BCUT2D eigenvalue weighted by Crippen LogP contribution is -2.12. The molecule has 7 heteroatoms. The summed E-state index contributed by atoms with van der Waals surface area (Å²) < 4.78 is 7.77. The van der Waals surface area contributed by atoms with Crippen LogP contribution in [0, 0.1) is 13.8 Å². The molecule has 0 saturated heterocycles. The van der Waals surface area contributed by atoms with E-state index >= 15 is 0 Å². The lowest BCUT2D eigenvalue weighted by molar-refractivity contribution is 0.102. The predicted octanol–water partition coefficient (Wildman–Crippen LogP) is 3.51. The smallest absolute Gasteiger partial charge is 0.256 e. The van der Waals surface area contributed by atoms with Gasteiger partial charge in [-0.3, -0.25) is 9.89 Å². The summed E-state index contributed by atoms with van der Waals surface area (Å²) >= 11 is 0. The van der Waals surface area contributed by atoms with Crippen LogP contribution in [0.2, 0.25) is 0 Å². The van der Waals surface area contributed by atoms with Crippen molar-refractivity contribution in [3.05, 3.63) is 77.4 Å². The normalized spacial score (nSPS) is 10.9. The molecule has 1 amide bonds. The van der Waals surface area contributed by atoms with Crippen molar-refractivity contribution in [1.29, 1.82) is 0 Å². The molecule has 4 rings (SSSR count). The van der Waals surface area contributed by atoms with Gasteiger partial charge in [-0.05, 0) is 49.7 Å². The number of H-pyrrole nitrogens is 1. The number of carbonyl (C=O) groups excluding carboxylic acids is 1. The molecule has 0 aliphatic heterocycles. The highest BCUT2D eigenvalue weighted by Crippen LogP contribution is 2.16. The van der Waals surface area contributed by atoms with Crippen molar-refractivity contribution in [3.63, 3.8) is 0 Å². The number of benzene rings is 1. The van der Waals surface area contributed by atoms with Gasteiger partial charge in [0, 0.05) is 29.7 Å². The molecule has 3 aromatic heterocycles. The first-order chi connectivity index (χ1) is 13.1. The van der Waals surface area contributed by atoms with Gasteiger partial charge in [-0.1, -0.05) is 6.07 Å². The molecule has 1 aromatic carbocycles. The molecule has 27 heavy (non-hydrogen) atoms. The number of hydrogen-bond acceptors (Lipinski definition) is 4. The third-order valence-corrected chi connectivity index (χ3v) is 4.10. The second-order valence-corrected chi connectivity index (χ2v) is 6.41. The van der Waals surface area contributed by atoms with Crippen molar-refractivity contribution in [2.45, 2.75) is 20.5 Å². The Hall–Kier alpha value is -3.61. The van der Waals surface area contributed by atoms with Crippen LogP contribution in [0.1, 0.15) is 27.3 Å². The molecule has 2 N–H and O–H groups in total. The van der Waals surface area contributed by atoms with Gasteiger partial charge >= 0.3 is 0 Å². The van der Waals surface area contributed by atoms with Gasteiger partial charge in [-0.25, -0.2) is 4.98 Å². The van der Waals surface area contributed by atoms with Crippen LogP contribution in [-0.2, 0) is 6.61 Å². The van der Waals surface area contributed by atoms with Gasteiger partial charge in [0.2, 0.25) is 0 Å². The third kappa shape index (κ3) is 3.82. The number of hydrogen-bond donors (Lipinski definition) is 2. The lowest BCUT2D eigenvalue weighted by Gasteiger charge is -2.06. The molecular formula is C20H19N5O2. The monoisotopic (exact) mass is 361 g/mol. The van der Waals surface area contributed by atoms with Crippen molar-refractivity contribution in [2.24, 2.45) is 0 Å². The Bertz CT molecular complexity index is 1100. The van der Waals surface area contributed by atoms with E-state index in [2.05, 4.69) is 20.5 Å². The van der Waals surface area contributed by atoms with Crippen molar-refractivity contribution < 1.29 is 9.53 Å². The second kappa shape index (κ2) is 6.95. The van der Waals surface area contributed by atoms with E-state index in [1.165, 1.54) is 5.56 Å². The number of carbonyl (C=O) groups is 1. The summed E-state index contributed by atoms with van der Waals surface area (Å²) in [5.41, 5.74) is 4.32. The molecular weight excluding hydrogens is 342 g/mol. The van der Waals surface area contributed by atoms with Gasteiger partial charge in [0.15, 0.2) is 5.82 Å². The highest BCUT2D eigenvalue weighted by Gasteiger charge is 2.09. The summed E-state index contributed by atoms with van der Waals surface area (Å²) in [4.78, 5) is 16.7. The molecule has 4 aromatic rings. The zero-order valence-electron chi connectivity index (χ0n) is 15.1. The fourth-order valence-electron chi connectivity index (χ4n) is 2.76. The molecule has 7 nitrogen and oxygen atoms in total. The summed E-state index contributed by atoms with van der Waals surface area (Å²) in [5, 5.41) is 9.52. The highest BCUT2D eigenvalue weighted by atomic mass is 16.5. The SMILES string of the molecule is Cc1ccc2nc(COc3ccc(C(=O)Nc4cc(C)[nH]n4)cc3)cn2c1. The molecule has 0 fully saturated rings. The quantitative estimate of drug-likeness (QED) is 0.570. The first-order valence-electron chi connectivity index (χ1n) is 8.57. The first-order valence-corrected chi connectivity index (χ1v) is 8.57. The number of imidazole rings is 1. The van der Waals surface area contributed by atoms with Crippen LogP contribution in [0.3, 0.4) is 0 Å². The predicted molar refractivity (Wildman–Crippen MR) is 102 cm³/mol. The summed E-state index contributed by atoms with van der Waals surface area (Å²) in [7, 11) is 0. The van der Waals surface area contributed by atoms with E-state index in [1.807, 2.05) is 42.8 Å². The van der Waals surface area contributed by atoms with E-state index in [4.69, 9.17) is 4.74 Å². The van der Waals surface area contributed by atoms with Gasteiger partial charge in [0.05, 0.1) is 5.69 Å². The maximum Gasteiger partial charge on any atom is 0.256 e. The Balaban J connectivity index is 1.38. The number of ether oxygens (including phenoxy) is 1. The Morgan fingerprint density at radius 3 is 2.70 bits per heavy atom. The molecule has 0 atom stereocenters. The molecule has 0 unspecified atom stereocenters. The number of pyridine rings is 1. The molecule has 0 saturated carbocycles. The van der Waals surface area contributed by atoms with E-state index in [1.54, 1.807) is 30.3 Å². The summed E-state index contributed by atoms with van der Waals surface area (Å²) in [6.07, 6.45) is 3.98. The number of aryl methyl sites for hydroxylation is 2. The van der Waals surface area contributed by atoms with Gasteiger partial charge < -0.3 is 14.5 Å². The third-order valence-electron chi connectivity index (χ3n) is 4.10. The second-order valence-electron chi connectivity index (χ2n) is 6.41. The Kier molecular flexibility index (Phi) is 4.33. The Morgan fingerprint density at radius 1 is 1.15 bits per heavy atom. The van der Waals surface area contributed by atoms with Crippen molar-refractivity contribution >= 4 is 17.4 Å². The van der Waals surface area contributed by atoms with Gasteiger partial charge in [0.1, 0.15) is 18.0 Å². The minimum Gasteiger partial charge on any atom is -0.487 e. The van der Waals surface area contributed by atoms with E-state index in [-0.39, 0.29) is 5.91 Å². The number of rotatable bonds is 5. The average molecular weight is 361 g/mol. The van der Waals surface area contributed by atoms with Crippen molar-refractivity contribution in [3.8, 4) is 5.75 Å². The summed E-state index contributed by atoms with van der Waals surface area (Å²) in [6.45, 7) is 4.28. The molecule has 0 bridgehead atoms. The Morgan fingerprint density at radius 2 is 1.96 bits per heavy atom. The van der Waals surface area contributed by atoms with Crippen LogP contribution in [0.4, 0.5) is 5.82 Å². The topological polar surface area (TPSA) is 84.3 Å². The minimum absolute atomic E-state index is 0.219. The molecule has 3 heterocycles. The maximum absolute atomic E-state index is 12.2. The number of amides is 1. The molecule has 0 aliphatic carbocycles. The van der Waals surface area contributed by atoms with Crippen LogP contribution < -0.4 is 10.1 Å². The van der Waals surface area contributed by atoms with Gasteiger partial charge in [0.25, 0.3) is 5.91 Å². The summed E-state index contributed by atoms with van der Waals surface area (Å²) in [6, 6.07) is 12.8. The van der Waals surface area contributed by atoms with Crippen molar-refractivity contribution in [2.75, 3.05) is 5.32 Å². The number of nitrogens with zero attached hydrogens (tertiary/aromatic N) is 3. The fourth-order valence-corrected chi connectivity index (χ4v) is 2.76. The highest BCUT2D eigenvalue weighted by molar-refractivity contribution is 6.03. The number of fused-ring (bicyclic) bond motifs is 1. The van der Waals surface area contributed by atoms with Crippen LogP contribution in [0.5, 0.6) is 5.75 Å².